The summed E-state index contributed by atoms with van der Waals surface area (Å²) >= 11 is 0. The number of halogens is 1. The van der Waals surface area contributed by atoms with Crippen molar-refractivity contribution in [3.63, 3.8) is 0 Å². The van der Waals surface area contributed by atoms with Crippen molar-refractivity contribution in [2.45, 2.75) is 13.5 Å². The summed E-state index contributed by atoms with van der Waals surface area (Å²) in [7, 11) is 0. The van der Waals surface area contributed by atoms with Crippen molar-refractivity contribution in [1.82, 2.24) is 4.57 Å². The Bertz CT molecular complexity index is 644. The Labute approximate surface area is 114 Å². The van der Waals surface area contributed by atoms with Crippen LogP contribution in [-0.2, 0) is 11.3 Å². The molecule has 0 spiro atoms. The number of anilines is 1. The maximum absolute atomic E-state index is 13.6. The van der Waals surface area contributed by atoms with E-state index in [4.69, 9.17) is 5.11 Å². The van der Waals surface area contributed by atoms with Gasteiger partial charge < -0.3 is 15.0 Å². The number of hydrogen-bond acceptors (Lipinski definition) is 2. The lowest BCUT2D eigenvalue weighted by molar-refractivity contribution is -0.116. The highest BCUT2D eigenvalue weighted by atomic mass is 19.1. The van der Waals surface area contributed by atoms with Crippen LogP contribution < -0.4 is 5.32 Å². The maximum Gasteiger partial charge on any atom is 0.352 e. The highest BCUT2D eigenvalue weighted by Crippen LogP contribution is 2.18. The molecule has 20 heavy (non-hydrogen) atoms. The molecule has 6 heteroatoms. The topological polar surface area (TPSA) is 71.3 Å². The van der Waals surface area contributed by atoms with Gasteiger partial charge in [0.15, 0.2) is 0 Å². The second-order valence-corrected chi connectivity index (χ2v) is 4.31. The van der Waals surface area contributed by atoms with E-state index in [1.165, 1.54) is 29.0 Å². The molecular weight excluding hydrogens is 263 g/mol. The summed E-state index contributed by atoms with van der Waals surface area (Å²) in [5.74, 6) is -2.13. The van der Waals surface area contributed by atoms with Crippen molar-refractivity contribution in [1.29, 1.82) is 0 Å². The van der Waals surface area contributed by atoms with Crippen LogP contribution >= 0.6 is 0 Å². The van der Waals surface area contributed by atoms with E-state index in [1.54, 1.807) is 19.1 Å². The molecular formula is C14H13FN2O3. The number of aromatic nitrogens is 1. The number of carboxylic acids is 1. The van der Waals surface area contributed by atoms with Crippen LogP contribution in [-0.4, -0.2) is 21.6 Å². The van der Waals surface area contributed by atoms with Crippen LogP contribution in [0.2, 0.25) is 0 Å². The lowest BCUT2D eigenvalue weighted by Crippen LogP contribution is -2.21. The van der Waals surface area contributed by atoms with E-state index in [0.29, 0.717) is 5.56 Å². The van der Waals surface area contributed by atoms with Gasteiger partial charge in [-0.1, -0.05) is 12.1 Å². The third-order valence-electron chi connectivity index (χ3n) is 2.85. The van der Waals surface area contributed by atoms with Crippen LogP contribution in [0.25, 0.3) is 0 Å². The van der Waals surface area contributed by atoms with Crippen molar-refractivity contribution >= 4 is 17.6 Å². The summed E-state index contributed by atoms with van der Waals surface area (Å²) < 4.78 is 14.9. The van der Waals surface area contributed by atoms with Crippen molar-refractivity contribution in [2.24, 2.45) is 0 Å². The monoisotopic (exact) mass is 276 g/mol. The molecule has 2 aromatic rings. The normalized spacial score (nSPS) is 10.3. The van der Waals surface area contributed by atoms with E-state index in [2.05, 4.69) is 5.32 Å². The highest BCUT2D eigenvalue weighted by Gasteiger charge is 2.13. The molecule has 2 N–H and O–H groups in total. The summed E-state index contributed by atoms with van der Waals surface area (Å²) in [6.07, 6.45) is 1.48. The molecule has 0 bridgehead atoms. The zero-order valence-electron chi connectivity index (χ0n) is 10.8. The molecule has 1 aromatic carbocycles. The second-order valence-electron chi connectivity index (χ2n) is 4.31. The van der Waals surface area contributed by atoms with Gasteiger partial charge in [-0.3, -0.25) is 4.79 Å². The fourth-order valence-electron chi connectivity index (χ4n) is 1.87. The SMILES string of the molecule is Cc1cccc(F)c1NC(=O)Cn1cccc1C(=O)O. The van der Waals surface area contributed by atoms with E-state index in [0.717, 1.165) is 0 Å². The third-order valence-corrected chi connectivity index (χ3v) is 2.85. The fraction of sp³-hybridized carbons (Fsp3) is 0.143. The number of rotatable bonds is 4. The van der Waals surface area contributed by atoms with Gasteiger partial charge in [0.1, 0.15) is 18.1 Å². The molecule has 0 aliphatic carbocycles. The minimum absolute atomic E-state index is 0.00501. The molecule has 0 saturated carbocycles. The van der Waals surface area contributed by atoms with Crippen LogP contribution in [0.4, 0.5) is 10.1 Å². The summed E-state index contributed by atoms with van der Waals surface area (Å²) in [6.45, 7) is 1.49. The standard InChI is InChI=1S/C14H13FN2O3/c1-9-4-2-5-10(15)13(9)16-12(18)8-17-7-3-6-11(17)14(19)20/h2-7H,8H2,1H3,(H,16,18)(H,19,20). The molecule has 1 heterocycles. The summed E-state index contributed by atoms with van der Waals surface area (Å²) in [5.41, 5.74) is 0.719. The van der Waals surface area contributed by atoms with E-state index < -0.39 is 17.7 Å². The quantitative estimate of drug-likeness (QED) is 0.899. The Morgan fingerprint density at radius 2 is 2.05 bits per heavy atom. The van der Waals surface area contributed by atoms with Crippen LogP contribution in [0.3, 0.4) is 0 Å². The Morgan fingerprint density at radius 3 is 2.70 bits per heavy atom. The van der Waals surface area contributed by atoms with E-state index in [1.807, 2.05) is 0 Å². The lowest BCUT2D eigenvalue weighted by atomic mass is 10.2. The molecule has 104 valence electrons. The first kappa shape index (κ1) is 13.8. The average molecular weight is 276 g/mol. The number of nitrogens with zero attached hydrogens (tertiary/aromatic N) is 1. The predicted molar refractivity (Wildman–Crippen MR) is 71.2 cm³/mol. The van der Waals surface area contributed by atoms with Gasteiger partial charge in [0.05, 0.1) is 5.69 Å². The number of benzene rings is 1. The predicted octanol–water partition coefficient (Wildman–Crippen LogP) is 2.27. The van der Waals surface area contributed by atoms with Crippen LogP contribution in [0, 0.1) is 12.7 Å². The minimum Gasteiger partial charge on any atom is -0.477 e. The molecule has 0 atom stereocenters. The summed E-state index contributed by atoms with van der Waals surface area (Å²) in [4.78, 5) is 22.8. The maximum atomic E-state index is 13.6. The highest BCUT2D eigenvalue weighted by molar-refractivity contribution is 5.92. The Balaban J connectivity index is 2.14. The van der Waals surface area contributed by atoms with E-state index in [-0.39, 0.29) is 17.9 Å². The zero-order chi connectivity index (χ0) is 14.7. The number of carboxylic acid groups (broad SMARTS) is 1. The summed E-state index contributed by atoms with van der Waals surface area (Å²) in [6, 6.07) is 7.40. The average Bonchev–Trinajstić information content (AvgIpc) is 2.82. The first-order chi connectivity index (χ1) is 9.49. The van der Waals surface area contributed by atoms with Gasteiger partial charge in [0, 0.05) is 6.20 Å². The molecule has 0 radical (unpaired) electrons. The molecule has 0 saturated heterocycles. The van der Waals surface area contributed by atoms with Crippen LogP contribution in [0.15, 0.2) is 36.5 Å². The van der Waals surface area contributed by atoms with E-state index in [9.17, 15) is 14.0 Å². The van der Waals surface area contributed by atoms with Crippen molar-refractivity contribution in [3.05, 3.63) is 53.6 Å². The van der Waals surface area contributed by atoms with Gasteiger partial charge in [0.2, 0.25) is 5.91 Å². The molecule has 1 amide bonds. The number of amides is 1. The lowest BCUT2D eigenvalue weighted by Gasteiger charge is -2.10. The second kappa shape index (κ2) is 5.56. The smallest absolute Gasteiger partial charge is 0.352 e. The number of nitrogens with one attached hydrogen (secondary N) is 1. The molecule has 2 rings (SSSR count). The first-order valence-corrected chi connectivity index (χ1v) is 5.92. The van der Waals surface area contributed by atoms with Gasteiger partial charge >= 0.3 is 5.97 Å². The summed E-state index contributed by atoms with van der Waals surface area (Å²) in [5, 5.41) is 11.4. The van der Waals surface area contributed by atoms with Crippen LogP contribution in [0.5, 0.6) is 0 Å². The Kier molecular flexibility index (Phi) is 3.84. The van der Waals surface area contributed by atoms with Gasteiger partial charge in [-0.15, -0.1) is 0 Å². The molecule has 0 fully saturated rings. The number of aryl methyl sites for hydroxylation is 1. The zero-order valence-corrected chi connectivity index (χ0v) is 10.8. The van der Waals surface area contributed by atoms with Crippen molar-refractivity contribution in [2.75, 3.05) is 5.32 Å². The van der Waals surface area contributed by atoms with Gasteiger partial charge in [-0.2, -0.15) is 0 Å². The van der Waals surface area contributed by atoms with Gasteiger partial charge in [-0.05, 0) is 30.7 Å². The number of aromatic carboxylic acids is 1. The number of hydrogen-bond donors (Lipinski definition) is 2. The Hall–Kier alpha value is -2.63. The largest absolute Gasteiger partial charge is 0.477 e. The molecule has 0 aliphatic rings. The molecule has 5 nitrogen and oxygen atoms in total. The minimum atomic E-state index is -1.12. The fourth-order valence-corrected chi connectivity index (χ4v) is 1.87. The number of para-hydroxylation sites is 1. The van der Waals surface area contributed by atoms with E-state index >= 15 is 0 Å². The molecule has 0 aliphatic heterocycles. The Morgan fingerprint density at radius 1 is 1.30 bits per heavy atom. The van der Waals surface area contributed by atoms with Gasteiger partial charge in [0.25, 0.3) is 0 Å². The first-order valence-electron chi connectivity index (χ1n) is 5.92. The third kappa shape index (κ3) is 2.85. The molecule has 1 aromatic heterocycles. The number of carbonyl (C=O) groups excluding carboxylic acids is 1. The van der Waals surface area contributed by atoms with Crippen LogP contribution in [0.1, 0.15) is 16.1 Å². The van der Waals surface area contributed by atoms with Crippen molar-refractivity contribution in [3.8, 4) is 0 Å². The molecule has 0 unspecified atom stereocenters. The van der Waals surface area contributed by atoms with Gasteiger partial charge in [-0.25, -0.2) is 9.18 Å². The van der Waals surface area contributed by atoms with Crippen molar-refractivity contribution < 1.29 is 19.1 Å². The number of carbonyl (C=O) groups is 2.